The highest BCUT2D eigenvalue weighted by Crippen LogP contribution is 2.67. The third-order valence-corrected chi connectivity index (χ3v) is 10.2. The number of amides is 3. The van der Waals surface area contributed by atoms with Gasteiger partial charge in [-0.05, 0) is 37.8 Å². The normalized spacial score (nSPS) is 32.2. The van der Waals surface area contributed by atoms with Gasteiger partial charge >= 0.3 is 0 Å². The number of rotatable bonds is 10. The van der Waals surface area contributed by atoms with Crippen molar-refractivity contribution in [3.63, 3.8) is 0 Å². The number of fused-ring (bicyclic) bond motifs is 1. The maximum atomic E-state index is 13.8. The number of alkyl halides is 1. The molecule has 0 saturated carbocycles. The van der Waals surface area contributed by atoms with Gasteiger partial charge in [0.1, 0.15) is 6.04 Å². The van der Waals surface area contributed by atoms with Gasteiger partial charge in [0.05, 0.1) is 16.6 Å². The zero-order valence-electron chi connectivity index (χ0n) is 18.8. The fraction of sp³-hybridized carbons (Fsp3) is 0.625. The van der Waals surface area contributed by atoms with E-state index >= 15 is 0 Å². The summed E-state index contributed by atoms with van der Waals surface area (Å²) >= 11 is 5.42. The molecule has 3 saturated heterocycles. The lowest BCUT2D eigenvalue weighted by atomic mass is 9.70. The van der Waals surface area contributed by atoms with Crippen molar-refractivity contribution in [2.45, 2.75) is 59.9 Å². The van der Waals surface area contributed by atoms with E-state index in [0.29, 0.717) is 38.0 Å². The van der Waals surface area contributed by atoms with Crippen LogP contribution < -0.4 is 10.6 Å². The highest BCUT2D eigenvalue weighted by atomic mass is 79.9. The predicted octanol–water partition coefficient (Wildman–Crippen LogP) is 2.78. The molecule has 180 valence electrons. The van der Waals surface area contributed by atoms with E-state index in [4.69, 9.17) is 0 Å². The minimum absolute atomic E-state index is 0.0480. The second-order valence-electron chi connectivity index (χ2n) is 9.13. The molecule has 6 atom stereocenters. The number of benzene rings is 1. The van der Waals surface area contributed by atoms with Gasteiger partial charge in [0, 0.05) is 35.5 Å². The molecule has 0 radical (unpaired) electrons. The Hall–Kier alpha value is -1.58. The molecule has 0 aliphatic carbocycles. The summed E-state index contributed by atoms with van der Waals surface area (Å²) in [5, 5.41) is 15.2. The molecule has 3 fully saturated rings. The number of carbonyl (C=O) groups is 3. The van der Waals surface area contributed by atoms with Gasteiger partial charge in [0.25, 0.3) is 0 Å². The van der Waals surface area contributed by atoms with Gasteiger partial charge in [-0.1, -0.05) is 47.5 Å². The largest absolute Gasteiger partial charge is 0.396 e. The Balaban J connectivity index is 1.64. The van der Waals surface area contributed by atoms with Gasteiger partial charge < -0.3 is 20.6 Å². The first-order valence-corrected chi connectivity index (χ1v) is 13.6. The molecule has 1 aromatic carbocycles. The second kappa shape index (κ2) is 10.4. The quantitative estimate of drug-likeness (QED) is 0.315. The van der Waals surface area contributed by atoms with Crippen LogP contribution in [0.4, 0.5) is 5.69 Å². The highest BCUT2D eigenvalue weighted by molar-refractivity contribution is 9.09. The van der Waals surface area contributed by atoms with E-state index in [0.717, 1.165) is 12.8 Å². The van der Waals surface area contributed by atoms with Gasteiger partial charge in [0.2, 0.25) is 17.7 Å². The lowest BCUT2D eigenvalue weighted by Gasteiger charge is -2.35. The van der Waals surface area contributed by atoms with Gasteiger partial charge in [-0.3, -0.25) is 14.4 Å². The second-order valence-corrected chi connectivity index (χ2v) is 11.8. The van der Waals surface area contributed by atoms with Gasteiger partial charge in [0.15, 0.2) is 0 Å². The van der Waals surface area contributed by atoms with E-state index < -0.39 is 22.6 Å². The van der Waals surface area contributed by atoms with Gasteiger partial charge in [-0.25, -0.2) is 0 Å². The minimum Gasteiger partial charge on any atom is -0.396 e. The van der Waals surface area contributed by atoms with Crippen molar-refractivity contribution < 1.29 is 19.5 Å². The number of unbranched alkanes of at least 4 members (excludes halogenated alkanes) is 2. The smallest absolute Gasteiger partial charge is 0.244 e. The number of aliphatic hydroxyl groups is 1. The number of nitrogens with zero attached hydrogens (tertiary/aromatic N) is 1. The number of thioether (sulfide) groups is 1. The molecular weight excluding hydrogens is 506 g/mol. The van der Waals surface area contributed by atoms with Crippen molar-refractivity contribution >= 4 is 51.1 Å². The van der Waals surface area contributed by atoms with Gasteiger partial charge in [-0.15, -0.1) is 11.8 Å². The SMILES string of the molecule is CCCCNC(=O)C1N(CCCCO)C(=O)[C@@H]2[C@@H](C(=O)Nc3ccccc3)[C@@H]3SC12CC3Br. The first-order valence-electron chi connectivity index (χ1n) is 11.8. The molecule has 3 aliphatic heterocycles. The summed E-state index contributed by atoms with van der Waals surface area (Å²) in [5.74, 6) is -1.42. The number of aliphatic hydroxyl groups excluding tert-OH is 1. The van der Waals surface area contributed by atoms with E-state index in [1.807, 2.05) is 30.3 Å². The molecule has 4 rings (SSSR count). The number of hydrogen-bond donors (Lipinski definition) is 3. The Morgan fingerprint density at radius 3 is 2.67 bits per heavy atom. The molecule has 1 spiro atoms. The Labute approximate surface area is 207 Å². The number of carbonyl (C=O) groups excluding carboxylic acids is 3. The lowest BCUT2D eigenvalue weighted by Crippen LogP contribution is -2.54. The Kier molecular flexibility index (Phi) is 7.70. The average Bonchev–Trinajstić information content (AvgIpc) is 3.38. The number of likely N-dealkylation sites (tertiary alicyclic amines) is 1. The van der Waals surface area contributed by atoms with E-state index in [9.17, 15) is 19.5 Å². The Morgan fingerprint density at radius 1 is 1.21 bits per heavy atom. The molecule has 2 bridgehead atoms. The van der Waals surface area contributed by atoms with Crippen LogP contribution in [0.2, 0.25) is 0 Å². The molecule has 3 unspecified atom stereocenters. The zero-order chi connectivity index (χ0) is 23.6. The summed E-state index contributed by atoms with van der Waals surface area (Å²) in [4.78, 5) is 42.4. The highest BCUT2D eigenvalue weighted by Gasteiger charge is 2.75. The maximum Gasteiger partial charge on any atom is 0.244 e. The summed E-state index contributed by atoms with van der Waals surface area (Å²) < 4.78 is -0.621. The van der Waals surface area contributed by atoms with Crippen molar-refractivity contribution in [2.75, 3.05) is 25.0 Å². The third kappa shape index (κ3) is 4.44. The summed E-state index contributed by atoms with van der Waals surface area (Å²) in [7, 11) is 0. The molecule has 0 aromatic heterocycles. The van der Waals surface area contributed by atoms with Crippen LogP contribution in [-0.2, 0) is 14.4 Å². The lowest BCUT2D eigenvalue weighted by molar-refractivity contribution is -0.139. The molecule has 33 heavy (non-hydrogen) atoms. The molecule has 3 N–H and O–H groups in total. The molecule has 7 nitrogen and oxygen atoms in total. The zero-order valence-corrected chi connectivity index (χ0v) is 21.2. The predicted molar refractivity (Wildman–Crippen MR) is 133 cm³/mol. The van der Waals surface area contributed by atoms with Crippen LogP contribution in [0.25, 0.3) is 0 Å². The summed E-state index contributed by atoms with van der Waals surface area (Å²) in [6, 6.07) is 8.68. The van der Waals surface area contributed by atoms with Crippen LogP contribution in [0, 0.1) is 11.8 Å². The van der Waals surface area contributed by atoms with Crippen LogP contribution in [0.5, 0.6) is 0 Å². The summed E-state index contributed by atoms with van der Waals surface area (Å²) in [6.07, 6.45) is 3.72. The molecule has 3 heterocycles. The van der Waals surface area contributed by atoms with Crippen molar-refractivity contribution in [3.8, 4) is 0 Å². The van der Waals surface area contributed by atoms with Crippen LogP contribution in [0.1, 0.15) is 39.0 Å². The fourth-order valence-electron chi connectivity index (χ4n) is 5.60. The first-order chi connectivity index (χ1) is 15.9. The average molecular weight is 539 g/mol. The monoisotopic (exact) mass is 537 g/mol. The van der Waals surface area contributed by atoms with Crippen molar-refractivity contribution in [3.05, 3.63) is 30.3 Å². The fourth-order valence-corrected chi connectivity index (χ4v) is 9.21. The van der Waals surface area contributed by atoms with Crippen LogP contribution >= 0.6 is 27.7 Å². The molecule has 3 aliphatic rings. The van der Waals surface area contributed by atoms with E-state index in [1.165, 1.54) is 0 Å². The summed E-state index contributed by atoms with van der Waals surface area (Å²) in [6.45, 7) is 3.11. The number of nitrogens with one attached hydrogen (secondary N) is 2. The van der Waals surface area contributed by atoms with Crippen LogP contribution in [0.15, 0.2) is 30.3 Å². The van der Waals surface area contributed by atoms with E-state index in [-0.39, 0.29) is 34.4 Å². The number of hydrogen-bond acceptors (Lipinski definition) is 5. The number of anilines is 1. The van der Waals surface area contributed by atoms with Crippen molar-refractivity contribution in [2.24, 2.45) is 11.8 Å². The molecule has 1 aromatic rings. The Morgan fingerprint density at radius 2 is 1.97 bits per heavy atom. The van der Waals surface area contributed by atoms with E-state index in [2.05, 4.69) is 33.5 Å². The maximum absolute atomic E-state index is 13.8. The van der Waals surface area contributed by atoms with Crippen LogP contribution in [-0.4, -0.2) is 68.3 Å². The number of para-hydroxylation sites is 1. The molecular formula is C24H32BrN3O4S. The standard InChI is InChI=1S/C24H32BrN3O4S/c1-2-3-11-26-22(31)20-24-14-16(25)19(33-24)17(21(30)27-15-9-5-4-6-10-15)18(24)23(32)28(20)12-7-8-13-29/h4-6,9-10,16-20,29H,2-3,7-8,11-14H2,1H3,(H,26,31)(H,27,30)/t16?,17-,18+,19-,20?,24?/m1/s1. The first kappa shape index (κ1) is 24.5. The van der Waals surface area contributed by atoms with E-state index in [1.54, 1.807) is 16.7 Å². The minimum atomic E-state index is -0.621. The van der Waals surface area contributed by atoms with Crippen molar-refractivity contribution in [1.29, 1.82) is 0 Å². The van der Waals surface area contributed by atoms with Gasteiger partial charge in [-0.2, -0.15) is 0 Å². The van der Waals surface area contributed by atoms with Crippen LogP contribution in [0.3, 0.4) is 0 Å². The topological polar surface area (TPSA) is 98.7 Å². The Bertz CT molecular complexity index is 888. The van der Waals surface area contributed by atoms with Crippen molar-refractivity contribution in [1.82, 2.24) is 10.2 Å². The molecule has 3 amide bonds. The third-order valence-electron chi connectivity index (χ3n) is 7.02. The number of halogens is 1. The summed E-state index contributed by atoms with van der Waals surface area (Å²) in [5.41, 5.74) is 0.703. The molecule has 9 heteroatoms.